The minimum Gasteiger partial charge on any atom is -0.462 e. The van der Waals surface area contributed by atoms with Crippen LogP contribution in [0.4, 0.5) is 13.2 Å². The van der Waals surface area contributed by atoms with Crippen molar-refractivity contribution in [1.82, 2.24) is 0 Å². The van der Waals surface area contributed by atoms with Crippen molar-refractivity contribution >= 4 is 17.7 Å². The maximum atomic E-state index is 12.6. The molecule has 0 saturated heterocycles. The number of halogens is 3. The molecule has 0 aliphatic heterocycles. The smallest absolute Gasteiger partial charge is 0.446 e. The predicted molar refractivity (Wildman–Crippen MR) is 68.2 cm³/mol. The first-order valence-corrected chi connectivity index (χ1v) is 6.62. The van der Waals surface area contributed by atoms with Gasteiger partial charge in [-0.3, -0.25) is 0 Å². The molecule has 0 spiro atoms. The molecule has 0 fully saturated rings. The number of carbonyl (C=O) groups is 1. The van der Waals surface area contributed by atoms with Crippen molar-refractivity contribution < 1.29 is 22.7 Å². The fourth-order valence-electron chi connectivity index (χ4n) is 1.58. The second-order valence-corrected chi connectivity index (χ2v) is 4.80. The quantitative estimate of drug-likeness (QED) is 0.611. The Morgan fingerprint density at radius 3 is 2.70 bits per heavy atom. The molecule has 108 valence electrons. The van der Waals surface area contributed by atoms with Gasteiger partial charge in [-0.25, -0.2) is 4.79 Å². The minimum atomic E-state index is -4.51. The normalized spacial score (nSPS) is 10.9. The molecule has 1 rings (SSSR count). The van der Waals surface area contributed by atoms with Crippen LogP contribution in [0.5, 0.6) is 0 Å². The summed E-state index contributed by atoms with van der Waals surface area (Å²) >= 11 is -0.352. The van der Waals surface area contributed by atoms with Crippen LogP contribution in [-0.4, -0.2) is 18.1 Å². The first-order valence-electron chi connectivity index (χ1n) is 5.80. The molecule has 1 aromatic carbocycles. The number of ether oxygens (including phenoxy) is 1. The first-order chi connectivity index (χ1) is 9.39. The van der Waals surface area contributed by atoms with Gasteiger partial charge in [-0.2, -0.15) is 18.4 Å². The molecule has 0 unspecified atom stereocenters. The van der Waals surface area contributed by atoms with E-state index >= 15 is 0 Å². The monoisotopic (exact) mass is 303 g/mol. The average Bonchev–Trinajstić information content (AvgIpc) is 2.36. The number of rotatable bonds is 5. The highest BCUT2D eigenvalue weighted by Gasteiger charge is 2.33. The number of hydrogen-bond acceptors (Lipinski definition) is 4. The molecule has 0 heterocycles. The second kappa shape index (κ2) is 7.20. The fourth-order valence-corrected chi connectivity index (χ4v) is 2.37. The van der Waals surface area contributed by atoms with Gasteiger partial charge in [0.2, 0.25) is 0 Å². The van der Waals surface area contributed by atoms with Crippen LogP contribution in [-0.2, 0) is 11.2 Å². The van der Waals surface area contributed by atoms with Crippen LogP contribution in [0, 0.1) is 11.3 Å². The molecule has 0 N–H and O–H groups in total. The summed E-state index contributed by atoms with van der Waals surface area (Å²) in [6.07, 6.45) is 0.236. The van der Waals surface area contributed by atoms with Crippen LogP contribution in [0.2, 0.25) is 0 Å². The lowest BCUT2D eigenvalue weighted by molar-refractivity contribution is -0.0328. The Morgan fingerprint density at radius 2 is 2.15 bits per heavy atom. The van der Waals surface area contributed by atoms with E-state index in [1.807, 2.05) is 6.07 Å². The van der Waals surface area contributed by atoms with Crippen molar-refractivity contribution in [1.29, 1.82) is 5.26 Å². The van der Waals surface area contributed by atoms with Crippen LogP contribution in [0.1, 0.15) is 29.3 Å². The van der Waals surface area contributed by atoms with E-state index in [-0.39, 0.29) is 41.7 Å². The van der Waals surface area contributed by atoms with E-state index in [9.17, 15) is 18.0 Å². The Balaban J connectivity index is 3.21. The van der Waals surface area contributed by atoms with E-state index in [1.54, 1.807) is 6.92 Å². The predicted octanol–water partition coefficient (Wildman–Crippen LogP) is 3.93. The summed E-state index contributed by atoms with van der Waals surface area (Å²) in [5.74, 6) is -0.793. The molecule has 0 aliphatic rings. The molecule has 0 radical (unpaired) electrons. The maximum absolute atomic E-state index is 12.6. The number of alkyl halides is 3. The van der Waals surface area contributed by atoms with Crippen molar-refractivity contribution in [3.05, 3.63) is 29.3 Å². The van der Waals surface area contributed by atoms with Crippen LogP contribution in [0.3, 0.4) is 0 Å². The number of nitriles is 1. The van der Waals surface area contributed by atoms with Crippen LogP contribution in [0.15, 0.2) is 23.1 Å². The zero-order valence-corrected chi connectivity index (χ0v) is 11.5. The Morgan fingerprint density at radius 1 is 1.45 bits per heavy atom. The average molecular weight is 303 g/mol. The molecule has 0 bridgehead atoms. The fraction of sp³-hybridized carbons (Fsp3) is 0.385. The summed E-state index contributed by atoms with van der Waals surface area (Å²) < 4.78 is 42.6. The zero-order valence-electron chi connectivity index (χ0n) is 10.7. The van der Waals surface area contributed by atoms with Gasteiger partial charge in [0.15, 0.2) is 0 Å². The van der Waals surface area contributed by atoms with Gasteiger partial charge in [0.1, 0.15) is 0 Å². The van der Waals surface area contributed by atoms with Gasteiger partial charge >= 0.3 is 11.5 Å². The van der Waals surface area contributed by atoms with E-state index in [0.717, 1.165) is 0 Å². The number of aryl methyl sites for hydroxylation is 1. The molecule has 3 nitrogen and oxygen atoms in total. The lowest BCUT2D eigenvalue weighted by Crippen LogP contribution is -2.10. The van der Waals surface area contributed by atoms with E-state index in [0.29, 0.717) is 5.56 Å². The zero-order chi connectivity index (χ0) is 15.2. The summed E-state index contributed by atoms with van der Waals surface area (Å²) in [5.41, 5.74) is -4.31. The van der Waals surface area contributed by atoms with Gasteiger partial charge < -0.3 is 4.74 Å². The van der Waals surface area contributed by atoms with Crippen LogP contribution >= 0.6 is 11.8 Å². The number of esters is 1. The number of nitrogens with zero attached hydrogens (tertiary/aromatic N) is 1. The number of carbonyl (C=O) groups excluding carboxylic acids is 1. The van der Waals surface area contributed by atoms with Gasteiger partial charge in [0.25, 0.3) is 0 Å². The third kappa shape index (κ3) is 4.78. The molecule has 0 aromatic heterocycles. The van der Waals surface area contributed by atoms with Gasteiger partial charge in [0, 0.05) is 11.3 Å². The highest BCUT2D eigenvalue weighted by Crippen LogP contribution is 2.41. The Labute approximate surface area is 118 Å². The number of benzene rings is 1. The third-order valence-corrected chi connectivity index (χ3v) is 3.23. The van der Waals surface area contributed by atoms with E-state index in [4.69, 9.17) is 10.00 Å². The lowest BCUT2D eigenvalue weighted by Gasteiger charge is -2.14. The first kappa shape index (κ1) is 16.4. The second-order valence-electron chi connectivity index (χ2n) is 3.72. The minimum absolute atomic E-state index is 0.0807. The van der Waals surface area contributed by atoms with Crippen molar-refractivity contribution in [3.8, 4) is 6.07 Å². The van der Waals surface area contributed by atoms with Gasteiger partial charge in [-0.05, 0) is 36.7 Å². The third-order valence-electron chi connectivity index (χ3n) is 2.32. The molecule has 0 aliphatic carbocycles. The van der Waals surface area contributed by atoms with Gasteiger partial charge in [-0.15, -0.1) is 0 Å². The number of thioether (sulfide) groups is 1. The van der Waals surface area contributed by atoms with Gasteiger partial charge in [-0.1, -0.05) is 12.1 Å². The highest BCUT2D eigenvalue weighted by atomic mass is 32.2. The maximum Gasteiger partial charge on any atom is 0.446 e. The Bertz CT molecular complexity index is 523. The largest absolute Gasteiger partial charge is 0.462 e. The standard InChI is InChI=1S/C13H12F3NO2S/c1-2-19-12(18)10-7-3-5-9(6-4-8-17)11(10)20-13(14,15)16/h3,5,7H,2,4,6H2,1H3. The van der Waals surface area contributed by atoms with E-state index in [2.05, 4.69) is 0 Å². The molecular formula is C13H12F3NO2S. The Hall–Kier alpha value is -1.68. The highest BCUT2D eigenvalue weighted by molar-refractivity contribution is 8.00. The molecule has 7 heteroatoms. The van der Waals surface area contributed by atoms with E-state index in [1.165, 1.54) is 18.2 Å². The van der Waals surface area contributed by atoms with Crippen LogP contribution < -0.4 is 0 Å². The molecular weight excluding hydrogens is 291 g/mol. The van der Waals surface area contributed by atoms with Crippen LogP contribution in [0.25, 0.3) is 0 Å². The SMILES string of the molecule is CCOC(=O)c1cccc(CCC#N)c1SC(F)(F)F. The number of hydrogen-bond donors (Lipinski definition) is 0. The van der Waals surface area contributed by atoms with Crippen molar-refractivity contribution in [2.45, 2.75) is 30.2 Å². The molecule has 0 saturated carbocycles. The Kier molecular flexibility index (Phi) is 5.89. The summed E-state index contributed by atoms with van der Waals surface area (Å²) in [6, 6.07) is 6.13. The molecule has 0 amide bonds. The van der Waals surface area contributed by atoms with E-state index < -0.39 is 11.5 Å². The van der Waals surface area contributed by atoms with Crippen molar-refractivity contribution in [2.24, 2.45) is 0 Å². The lowest BCUT2D eigenvalue weighted by atomic mass is 10.1. The van der Waals surface area contributed by atoms with Gasteiger partial charge in [0.05, 0.1) is 18.2 Å². The van der Waals surface area contributed by atoms with Crippen molar-refractivity contribution in [3.63, 3.8) is 0 Å². The molecule has 20 heavy (non-hydrogen) atoms. The topological polar surface area (TPSA) is 50.1 Å². The molecule has 1 aromatic rings. The molecule has 0 atom stereocenters. The summed E-state index contributed by atoms with van der Waals surface area (Å²) in [7, 11) is 0. The summed E-state index contributed by atoms with van der Waals surface area (Å²) in [6.45, 7) is 1.66. The van der Waals surface area contributed by atoms with Crippen molar-refractivity contribution in [2.75, 3.05) is 6.61 Å². The summed E-state index contributed by atoms with van der Waals surface area (Å²) in [5, 5.41) is 8.54. The summed E-state index contributed by atoms with van der Waals surface area (Å²) in [4.78, 5) is 11.5.